The van der Waals surface area contributed by atoms with E-state index in [1.807, 2.05) is 30.3 Å². The van der Waals surface area contributed by atoms with Gasteiger partial charge in [-0.1, -0.05) is 30.3 Å². The average molecular weight is 451 g/mol. The zero-order valence-corrected chi connectivity index (χ0v) is 17.8. The number of para-hydroxylation sites is 2. The van der Waals surface area contributed by atoms with Gasteiger partial charge in [0.15, 0.2) is 5.13 Å². The van der Waals surface area contributed by atoms with E-state index in [0.717, 1.165) is 5.69 Å². The molecule has 4 rings (SSSR count). The van der Waals surface area contributed by atoms with Crippen molar-refractivity contribution in [3.8, 4) is 5.75 Å². The van der Waals surface area contributed by atoms with Gasteiger partial charge in [0.05, 0.1) is 16.1 Å². The Morgan fingerprint density at radius 3 is 2.32 bits per heavy atom. The molecule has 7 nitrogen and oxygen atoms in total. The maximum absolute atomic E-state index is 12.5. The summed E-state index contributed by atoms with van der Waals surface area (Å²) in [5, 5.41) is 15.5. The Kier molecular flexibility index (Phi) is 5.96. The first-order valence-corrected chi connectivity index (χ1v) is 11.6. The molecule has 0 aliphatic heterocycles. The number of hydrogen-bond acceptors (Lipinski definition) is 6. The SMILES string of the molecule is O=S(=O)(Nc1nccs1)c1ccc(N=C(Nc2ccccc2)c2ccccc2O)cc1. The van der Waals surface area contributed by atoms with Crippen molar-refractivity contribution in [3.05, 3.63) is 96.0 Å². The predicted molar refractivity (Wildman–Crippen MR) is 124 cm³/mol. The molecule has 4 aromatic rings. The number of aliphatic imine (C=N–C) groups is 1. The van der Waals surface area contributed by atoms with Crippen LogP contribution in [0.25, 0.3) is 0 Å². The molecular formula is C22H18N4O3S2. The monoisotopic (exact) mass is 450 g/mol. The summed E-state index contributed by atoms with van der Waals surface area (Å²) in [4.78, 5) is 8.64. The molecule has 0 aliphatic carbocycles. The molecule has 9 heteroatoms. The number of hydrogen-bond donors (Lipinski definition) is 3. The van der Waals surface area contributed by atoms with Crippen LogP contribution in [-0.4, -0.2) is 24.3 Å². The quantitative estimate of drug-likeness (QED) is 0.288. The number of phenolic OH excluding ortho intramolecular Hbond substituents is 1. The summed E-state index contributed by atoms with van der Waals surface area (Å²) in [6, 6.07) is 22.5. The molecular weight excluding hydrogens is 432 g/mol. The van der Waals surface area contributed by atoms with E-state index in [2.05, 4.69) is 20.0 Å². The average Bonchev–Trinajstić information content (AvgIpc) is 3.27. The van der Waals surface area contributed by atoms with E-state index in [-0.39, 0.29) is 10.6 Å². The highest BCUT2D eigenvalue weighted by Crippen LogP contribution is 2.24. The summed E-state index contributed by atoms with van der Waals surface area (Å²) in [6.07, 6.45) is 1.53. The van der Waals surface area contributed by atoms with Crippen molar-refractivity contribution in [2.24, 2.45) is 4.99 Å². The molecule has 1 aromatic heterocycles. The normalized spacial score (nSPS) is 11.8. The van der Waals surface area contributed by atoms with Crippen LogP contribution in [0, 0.1) is 0 Å². The topological polar surface area (TPSA) is 104 Å². The molecule has 3 N–H and O–H groups in total. The molecule has 0 saturated carbocycles. The Labute approximate surface area is 183 Å². The van der Waals surface area contributed by atoms with Crippen LogP contribution in [0.1, 0.15) is 5.56 Å². The number of thiazole rings is 1. The van der Waals surface area contributed by atoms with Crippen molar-refractivity contribution in [1.29, 1.82) is 0 Å². The second-order valence-electron chi connectivity index (χ2n) is 6.41. The van der Waals surface area contributed by atoms with Gasteiger partial charge in [0.25, 0.3) is 10.0 Å². The summed E-state index contributed by atoms with van der Waals surface area (Å²) in [7, 11) is -3.74. The Balaban J connectivity index is 1.65. The fraction of sp³-hybridized carbons (Fsp3) is 0. The molecule has 0 fully saturated rings. The molecule has 0 radical (unpaired) electrons. The number of nitrogens with zero attached hydrogens (tertiary/aromatic N) is 2. The zero-order valence-electron chi connectivity index (χ0n) is 16.1. The van der Waals surface area contributed by atoms with Gasteiger partial charge in [0.1, 0.15) is 11.6 Å². The first kappa shape index (κ1) is 20.6. The minimum Gasteiger partial charge on any atom is -0.507 e. The highest BCUT2D eigenvalue weighted by molar-refractivity contribution is 7.93. The first-order chi connectivity index (χ1) is 15.0. The highest BCUT2D eigenvalue weighted by Gasteiger charge is 2.16. The fourth-order valence-corrected chi connectivity index (χ4v) is 4.55. The predicted octanol–water partition coefficient (Wildman–Crippen LogP) is 4.84. The third kappa shape index (κ3) is 5.08. The van der Waals surface area contributed by atoms with Crippen molar-refractivity contribution in [3.63, 3.8) is 0 Å². The standard InChI is InChI=1S/C22H18N4O3S2/c27-20-9-5-4-8-19(20)21(24-16-6-2-1-3-7-16)25-17-10-12-18(13-11-17)31(28,29)26-22-23-14-15-30-22/h1-15,27H,(H,23,26)(H,24,25). The number of sulfonamides is 1. The molecule has 156 valence electrons. The Morgan fingerprint density at radius 2 is 1.65 bits per heavy atom. The van der Waals surface area contributed by atoms with E-state index in [1.54, 1.807) is 41.8 Å². The molecule has 3 aromatic carbocycles. The summed E-state index contributed by atoms with van der Waals surface area (Å²) in [5.74, 6) is 0.511. The van der Waals surface area contributed by atoms with Crippen molar-refractivity contribution in [2.45, 2.75) is 4.90 Å². The fourth-order valence-electron chi connectivity index (χ4n) is 2.76. The largest absolute Gasteiger partial charge is 0.507 e. The van der Waals surface area contributed by atoms with Crippen molar-refractivity contribution >= 4 is 43.7 Å². The third-order valence-electron chi connectivity index (χ3n) is 4.24. The Bertz CT molecular complexity index is 1290. The summed E-state index contributed by atoms with van der Waals surface area (Å²) in [5.41, 5.74) is 1.85. The van der Waals surface area contributed by atoms with Crippen LogP contribution in [0.2, 0.25) is 0 Å². The number of nitrogens with one attached hydrogen (secondary N) is 2. The minimum absolute atomic E-state index is 0.0801. The molecule has 0 unspecified atom stereocenters. The van der Waals surface area contributed by atoms with Gasteiger partial charge in [-0.2, -0.15) is 0 Å². The lowest BCUT2D eigenvalue weighted by Gasteiger charge is -2.12. The van der Waals surface area contributed by atoms with Crippen LogP contribution in [-0.2, 0) is 10.0 Å². The summed E-state index contributed by atoms with van der Waals surface area (Å²) < 4.78 is 27.5. The van der Waals surface area contributed by atoms with Crippen LogP contribution >= 0.6 is 11.3 Å². The lowest BCUT2D eigenvalue weighted by molar-refractivity contribution is 0.474. The van der Waals surface area contributed by atoms with Crippen molar-refractivity contribution < 1.29 is 13.5 Å². The van der Waals surface area contributed by atoms with Gasteiger partial charge in [0, 0.05) is 17.3 Å². The lowest BCUT2D eigenvalue weighted by atomic mass is 10.1. The number of aromatic hydroxyl groups is 1. The van der Waals surface area contributed by atoms with Gasteiger partial charge in [-0.25, -0.2) is 18.4 Å². The van der Waals surface area contributed by atoms with Crippen LogP contribution in [0.15, 0.2) is 100 Å². The van der Waals surface area contributed by atoms with Crippen LogP contribution in [0.5, 0.6) is 5.75 Å². The maximum atomic E-state index is 12.5. The van der Waals surface area contributed by atoms with E-state index in [9.17, 15) is 13.5 Å². The van der Waals surface area contributed by atoms with E-state index < -0.39 is 10.0 Å². The lowest BCUT2D eigenvalue weighted by Crippen LogP contribution is -2.14. The molecule has 0 spiro atoms. The van der Waals surface area contributed by atoms with Crippen molar-refractivity contribution in [1.82, 2.24) is 4.98 Å². The van der Waals surface area contributed by atoms with Crippen LogP contribution < -0.4 is 10.0 Å². The third-order valence-corrected chi connectivity index (χ3v) is 6.41. The van der Waals surface area contributed by atoms with Gasteiger partial charge in [-0.3, -0.25) is 4.72 Å². The summed E-state index contributed by atoms with van der Waals surface area (Å²) in [6.45, 7) is 0. The van der Waals surface area contributed by atoms with Gasteiger partial charge < -0.3 is 10.4 Å². The maximum Gasteiger partial charge on any atom is 0.263 e. The highest BCUT2D eigenvalue weighted by atomic mass is 32.2. The number of aromatic nitrogens is 1. The number of benzene rings is 3. The van der Waals surface area contributed by atoms with Gasteiger partial charge in [-0.05, 0) is 48.5 Å². The smallest absolute Gasteiger partial charge is 0.263 e. The second-order valence-corrected chi connectivity index (χ2v) is 8.98. The molecule has 0 saturated heterocycles. The molecule has 0 atom stereocenters. The van der Waals surface area contributed by atoms with Crippen molar-refractivity contribution in [2.75, 3.05) is 10.0 Å². The van der Waals surface area contributed by atoms with Gasteiger partial charge in [-0.15, -0.1) is 11.3 Å². The second kappa shape index (κ2) is 8.99. The van der Waals surface area contributed by atoms with Crippen LogP contribution in [0.4, 0.5) is 16.5 Å². The number of rotatable bonds is 6. The first-order valence-electron chi connectivity index (χ1n) is 9.23. The minimum atomic E-state index is -3.74. The molecule has 0 aliphatic rings. The summed E-state index contributed by atoms with van der Waals surface area (Å²) >= 11 is 1.20. The van der Waals surface area contributed by atoms with Gasteiger partial charge >= 0.3 is 0 Å². The van der Waals surface area contributed by atoms with E-state index in [0.29, 0.717) is 22.2 Å². The number of anilines is 2. The number of phenols is 1. The van der Waals surface area contributed by atoms with E-state index in [1.165, 1.54) is 29.7 Å². The van der Waals surface area contributed by atoms with E-state index >= 15 is 0 Å². The molecule has 0 bridgehead atoms. The number of amidine groups is 1. The molecule has 0 amide bonds. The zero-order chi connectivity index (χ0) is 21.7. The van der Waals surface area contributed by atoms with Crippen LogP contribution in [0.3, 0.4) is 0 Å². The molecule has 1 heterocycles. The van der Waals surface area contributed by atoms with Gasteiger partial charge in [0.2, 0.25) is 0 Å². The Morgan fingerprint density at radius 1 is 0.935 bits per heavy atom. The molecule has 31 heavy (non-hydrogen) atoms. The van der Waals surface area contributed by atoms with E-state index in [4.69, 9.17) is 0 Å². The Hall–Kier alpha value is -3.69.